The summed E-state index contributed by atoms with van der Waals surface area (Å²) in [5.41, 5.74) is -6.12. The highest BCUT2D eigenvalue weighted by Crippen LogP contribution is 2.36. The summed E-state index contributed by atoms with van der Waals surface area (Å²) in [6.45, 7) is 3.44. The minimum Gasteiger partial charge on any atom is -0.231 e. The first-order valence-electron chi connectivity index (χ1n) is 6.26. The SMILES string of the molecule is C=C(c1ccc(F)cc1)N(c1ccccc1)S(=O)(=O)C(F)(F)F. The average Bonchev–Trinajstić information content (AvgIpc) is 2.47. The second-order valence-corrected chi connectivity index (χ2v) is 6.28. The summed E-state index contributed by atoms with van der Waals surface area (Å²) in [7, 11) is -5.71. The van der Waals surface area contributed by atoms with E-state index in [0.717, 1.165) is 24.3 Å². The van der Waals surface area contributed by atoms with Gasteiger partial charge in [-0.05, 0) is 42.0 Å². The molecule has 0 heterocycles. The van der Waals surface area contributed by atoms with Gasteiger partial charge in [0.15, 0.2) is 0 Å². The van der Waals surface area contributed by atoms with Gasteiger partial charge in [0.1, 0.15) is 5.82 Å². The lowest BCUT2D eigenvalue weighted by Crippen LogP contribution is -2.39. The number of alkyl halides is 3. The lowest BCUT2D eigenvalue weighted by molar-refractivity contribution is -0.0435. The highest BCUT2D eigenvalue weighted by Gasteiger charge is 2.51. The highest BCUT2D eigenvalue weighted by molar-refractivity contribution is 7.94. The van der Waals surface area contributed by atoms with Crippen molar-refractivity contribution in [1.29, 1.82) is 0 Å². The first-order chi connectivity index (χ1) is 10.6. The molecular formula is C15H11F4NO2S. The fourth-order valence-electron chi connectivity index (χ4n) is 1.87. The first-order valence-corrected chi connectivity index (χ1v) is 7.70. The molecular weight excluding hydrogens is 334 g/mol. The maximum absolute atomic E-state index is 13.0. The first kappa shape index (κ1) is 17.0. The molecule has 2 aromatic rings. The fourth-order valence-corrected chi connectivity index (χ4v) is 2.87. The minimum absolute atomic E-state index is 0.0445. The normalized spacial score (nSPS) is 12.0. The number of anilines is 1. The number of para-hydroxylation sites is 1. The second-order valence-electron chi connectivity index (χ2n) is 4.50. The van der Waals surface area contributed by atoms with Crippen LogP contribution in [-0.4, -0.2) is 13.9 Å². The lowest BCUT2D eigenvalue weighted by atomic mass is 10.1. The van der Waals surface area contributed by atoms with Gasteiger partial charge >= 0.3 is 15.5 Å². The van der Waals surface area contributed by atoms with Gasteiger partial charge in [-0.2, -0.15) is 21.6 Å². The van der Waals surface area contributed by atoms with E-state index in [-0.39, 0.29) is 15.6 Å². The van der Waals surface area contributed by atoms with Gasteiger partial charge in [0, 0.05) is 0 Å². The van der Waals surface area contributed by atoms with Crippen molar-refractivity contribution in [3.05, 3.63) is 72.6 Å². The second kappa shape index (κ2) is 6.04. The molecule has 0 atom stereocenters. The molecule has 23 heavy (non-hydrogen) atoms. The molecule has 0 radical (unpaired) electrons. The van der Waals surface area contributed by atoms with E-state index in [2.05, 4.69) is 6.58 Å². The lowest BCUT2D eigenvalue weighted by Gasteiger charge is -2.27. The summed E-state index contributed by atoms with van der Waals surface area (Å²) in [4.78, 5) is 0. The minimum atomic E-state index is -5.71. The quantitative estimate of drug-likeness (QED) is 0.781. The smallest absolute Gasteiger partial charge is 0.231 e. The molecule has 0 aromatic heterocycles. The van der Waals surface area contributed by atoms with Crippen LogP contribution in [0.5, 0.6) is 0 Å². The molecule has 0 fully saturated rings. The van der Waals surface area contributed by atoms with Gasteiger partial charge in [0.05, 0.1) is 11.4 Å². The fraction of sp³-hybridized carbons (Fsp3) is 0.0667. The van der Waals surface area contributed by atoms with Gasteiger partial charge in [-0.15, -0.1) is 0 Å². The summed E-state index contributed by atoms with van der Waals surface area (Å²) >= 11 is 0. The number of benzene rings is 2. The number of nitrogens with zero attached hydrogens (tertiary/aromatic N) is 1. The van der Waals surface area contributed by atoms with Crippen LogP contribution in [0.15, 0.2) is 61.2 Å². The van der Waals surface area contributed by atoms with Gasteiger partial charge in [0.2, 0.25) is 0 Å². The summed E-state index contributed by atoms with van der Waals surface area (Å²) < 4.78 is 75.8. The molecule has 0 aliphatic rings. The predicted octanol–water partition coefficient (Wildman–Crippen LogP) is 4.15. The third-order valence-corrected chi connectivity index (χ3v) is 4.44. The topological polar surface area (TPSA) is 37.4 Å². The Bertz CT molecular complexity index is 800. The van der Waals surface area contributed by atoms with E-state index in [1.807, 2.05) is 0 Å². The van der Waals surface area contributed by atoms with Gasteiger partial charge in [0.25, 0.3) is 0 Å². The van der Waals surface area contributed by atoms with Crippen LogP contribution in [0.1, 0.15) is 5.56 Å². The molecule has 3 nitrogen and oxygen atoms in total. The van der Waals surface area contributed by atoms with E-state index in [0.29, 0.717) is 0 Å². The number of halogens is 4. The molecule has 0 saturated carbocycles. The molecule has 0 saturated heterocycles. The van der Waals surface area contributed by atoms with Crippen molar-refractivity contribution in [2.75, 3.05) is 4.31 Å². The maximum Gasteiger partial charge on any atom is 0.517 e. The molecule has 2 aromatic carbocycles. The number of sulfonamides is 1. The molecule has 2 rings (SSSR count). The number of rotatable bonds is 4. The van der Waals surface area contributed by atoms with Crippen LogP contribution in [0.2, 0.25) is 0 Å². The predicted molar refractivity (Wildman–Crippen MR) is 79.3 cm³/mol. The van der Waals surface area contributed by atoms with Gasteiger partial charge in [-0.25, -0.2) is 8.70 Å². The average molecular weight is 345 g/mol. The summed E-state index contributed by atoms with van der Waals surface area (Å²) in [6, 6.07) is 11.0. The summed E-state index contributed by atoms with van der Waals surface area (Å²) in [5.74, 6) is -0.605. The van der Waals surface area contributed by atoms with Crippen LogP contribution in [0.4, 0.5) is 23.2 Å². The molecule has 0 bridgehead atoms. The highest BCUT2D eigenvalue weighted by atomic mass is 32.2. The number of hydrogen-bond donors (Lipinski definition) is 0. The maximum atomic E-state index is 13.0. The molecule has 0 N–H and O–H groups in total. The van der Waals surface area contributed by atoms with Crippen molar-refractivity contribution in [3.63, 3.8) is 0 Å². The zero-order valence-corrected chi connectivity index (χ0v) is 12.4. The van der Waals surface area contributed by atoms with E-state index < -0.39 is 27.0 Å². The van der Waals surface area contributed by atoms with Crippen molar-refractivity contribution in [2.24, 2.45) is 0 Å². The zero-order chi connectivity index (χ0) is 17.3. The molecule has 0 spiro atoms. The van der Waals surface area contributed by atoms with Gasteiger partial charge in [-0.1, -0.05) is 24.8 Å². The molecule has 0 unspecified atom stereocenters. The van der Waals surface area contributed by atoms with Crippen LogP contribution in [0.3, 0.4) is 0 Å². The Balaban J connectivity index is 2.59. The Morgan fingerprint density at radius 2 is 1.48 bits per heavy atom. The largest absolute Gasteiger partial charge is 0.517 e. The Labute approximate surface area is 130 Å². The Hall–Kier alpha value is -2.35. The summed E-state index contributed by atoms with van der Waals surface area (Å²) in [6.07, 6.45) is 0. The third-order valence-electron chi connectivity index (χ3n) is 2.95. The van der Waals surface area contributed by atoms with E-state index >= 15 is 0 Å². The van der Waals surface area contributed by atoms with Crippen molar-refractivity contribution in [1.82, 2.24) is 0 Å². The molecule has 0 aliphatic heterocycles. The molecule has 122 valence electrons. The van der Waals surface area contributed by atoms with Crippen LogP contribution in [-0.2, 0) is 10.0 Å². The van der Waals surface area contributed by atoms with E-state index in [1.165, 1.54) is 30.3 Å². The molecule has 8 heteroatoms. The van der Waals surface area contributed by atoms with Gasteiger partial charge in [-0.3, -0.25) is 0 Å². The van der Waals surface area contributed by atoms with Crippen LogP contribution >= 0.6 is 0 Å². The number of hydrogen-bond acceptors (Lipinski definition) is 2. The Kier molecular flexibility index (Phi) is 4.46. The van der Waals surface area contributed by atoms with E-state index in [1.54, 1.807) is 0 Å². The zero-order valence-electron chi connectivity index (χ0n) is 11.6. The Morgan fingerprint density at radius 1 is 0.957 bits per heavy atom. The van der Waals surface area contributed by atoms with Crippen molar-refractivity contribution in [2.45, 2.75) is 5.51 Å². The van der Waals surface area contributed by atoms with Gasteiger partial charge < -0.3 is 0 Å². The van der Waals surface area contributed by atoms with E-state index in [4.69, 9.17) is 0 Å². The van der Waals surface area contributed by atoms with E-state index in [9.17, 15) is 26.0 Å². The van der Waals surface area contributed by atoms with Crippen molar-refractivity contribution < 1.29 is 26.0 Å². The van der Waals surface area contributed by atoms with Crippen molar-refractivity contribution in [3.8, 4) is 0 Å². The Morgan fingerprint density at radius 3 is 1.96 bits per heavy atom. The van der Waals surface area contributed by atoms with Crippen molar-refractivity contribution >= 4 is 21.4 Å². The molecule has 0 aliphatic carbocycles. The van der Waals surface area contributed by atoms with Crippen LogP contribution < -0.4 is 4.31 Å². The monoisotopic (exact) mass is 345 g/mol. The summed E-state index contributed by atoms with van der Waals surface area (Å²) in [5, 5.41) is 0. The van der Waals surface area contributed by atoms with Crippen LogP contribution in [0.25, 0.3) is 5.70 Å². The molecule has 0 amide bonds. The third kappa shape index (κ3) is 3.37. The standard InChI is InChI=1S/C15H11F4NO2S/c1-11(12-7-9-13(16)10-8-12)20(14-5-3-2-4-6-14)23(21,22)15(17,18)19/h2-10H,1H2. The van der Waals surface area contributed by atoms with Crippen LogP contribution in [0, 0.1) is 5.82 Å².